The van der Waals surface area contributed by atoms with E-state index in [1.165, 1.54) is 23.7 Å². The summed E-state index contributed by atoms with van der Waals surface area (Å²) in [6.07, 6.45) is 6.36. The highest BCUT2D eigenvalue weighted by Crippen LogP contribution is 2.69. The molecule has 0 N–H and O–H groups in total. The molecule has 3 rings (SSSR count). The van der Waals surface area contributed by atoms with Crippen molar-refractivity contribution < 1.29 is 0 Å². The Kier molecular flexibility index (Phi) is 0.482. The van der Waals surface area contributed by atoms with Gasteiger partial charge in [-0.25, -0.2) is 0 Å². The lowest BCUT2D eigenvalue weighted by Crippen LogP contribution is -2.23. The molecule has 3 unspecified atom stereocenters. The number of rotatable bonds is 0. The van der Waals surface area contributed by atoms with Gasteiger partial charge in [0.2, 0.25) is 0 Å². The maximum absolute atomic E-state index is 1.62. The molecule has 4 atom stereocenters. The molecule has 0 spiro atoms. The lowest BCUT2D eigenvalue weighted by atomic mass is 9.77. The van der Waals surface area contributed by atoms with Crippen LogP contribution >= 0.6 is 0 Å². The molecule has 0 aromatic heterocycles. The highest BCUT2D eigenvalue weighted by atomic mass is 14.7. The molecule has 0 aromatic rings. The Bertz CT molecular complexity index is 114. The molecule has 0 heterocycles. The Morgan fingerprint density at radius 2 is 1.38 bits per heavy atom. The molecule has 0 amide bonds. The Morgan fingerprint density at radius 1 is 0.750 bits per heavy atom. The van der Waals surface area contributed by atoms with E-state index in [1.807, 2.05) is 0 Å². The fourth-order valence-corrected chi connectivity index (χ4v) is 3.16. The molecular weight excluding hydrogens is 96.1 g/mol. The first-order chi connectivity index (χ1) is 3.97. The standard InChI is InChI=1S/C8H12/c1-2-5-6(3-1)8-4-7(5)8/h5-8H,1-4H2/t5?,6?,7-,8?/m0/s1. The molecule has 3 aliphatic rings. The summed E-state index contributed by atoms with van der Waals surface area (Å²) in [6.45, 7) is 0. The molecule has 3 saturated carbocycles. The average molecular weight is 108 g/mol. The molecule has 0 nitrogen and oxygen atoms in total. The smallest absolute Gasteiger partial charge is 0.0349 e. The van der Waals surface area contributed by atoms with Crippen LogP contribution in [0.25, 0.3) is 0 Å². The number of hydrogen-bond acceptors (Lipinski definition) is 0. The zero-order valence-electron chi connectivity index (χ0n) is 5.14. The van der Waals surface area contributed by atoms with Gasteiger partial charge < -0.3 is 0 Å². The van der Waals surface area contributed by atoms with E-state index >= 15 is 0 Å². The summed E-state index contributed by atoms with van der Waals surface area (Å²) in [5, 5.41) is 0. The van der Waals surface area contributed by atoms with E-state index in [9.17, 15) is 0 Å². The summed E-state index contributed by atoms with van der Waals surface area (Å²) in [5.41, 5.74) is 0. The van der Waals surface area contributed by atoms with Gasteiger partial charge in [0.05, 0.1) is 0 Å². The van der Waals surface area contributed by atoms with Crippen molar-refractivity contribution in [1.82, 2.24) is 0 Å². The van der Waals surface area contributed by atoms with Gasteiger partial charge in [0.25, 0.3) is 0 Å². The second-order valence-electron chi connectivity index (χ2n) is 3.82. The third kappa shape index (κ3) is 0.260. The van der Waals surface area contributed by atoms with Crippen molar-refractivity contribution in [2.24, 2.45) is 23.7 Å². The van der Waals surface area contributed by atoms with Crippen LogP contribution in [0.4, 0.5) is 0 Å². The predicted octanol–water partition coefficient (Wildman–Crippen LogP) is 2.05. The molecule has 3 fully saturated rings. The molecule has 0 saturated heterocycles. The average Bonchev–Trinajstić information content (AvgIpc) is 2.34. The van der Waals surface area contributed by atoms with Gasteiger partial charge in [0, 0.05) is 0 Å². The molecule has 44 valence electrons. The first-order valence-electron chi connectivity index (χ1n) is 3.97. The van der Waals surface area contributed by atoms with Crippen LogP contribution in [0.3, 0.4) is 0 Å². The third-order valence-electron chi connectivity index (χ3n) is 3.62. The van der Waals surface area contributed by atoms with Crippen LogP contribution < -0.4 is 0 Å². The van der Waals surface area contributed by atoms with Crippen LogP contribution in [0.15, 0.2) is 0 Å². The molecule has 0 aliphatic heterocycles. The molecule has 0 heteroatoms. The van der Waals surface area contributed by atoms with Gasteiger partial charge in [0.15, 0.2) is 0 Å². The fourth-order valence-electron chi connectivity index (χ4n) is 3.16. The Morgan fingerprint density at radius 3 is 2.00 bits per heavy atom. The van der Waals surface area contributed by atoms with Crippen LogP contribution in [-0.2, 0) is 0 Å². The van der Waals surface area contributed by atoms with Gasteiger partial charge in [0.1, 0.15) is 0 Å². The van der Waals surface area contributed by atoms with Crippen LogP contribution in [0.5, 0.6) is 0 Å². The minimum Gasteiger partial charge on any atom is -0.0527 e. The van der Waals surface area contributed by atoms with Crippen molar-refractivity contribution in [2.45, 2.75) is 25.7 Å². The van der Waals surface area contributed by atoms with Gasteiger partial charge in [-0.3, -0.25) is 0 Å². The summed E-state index contributed by atoms with van der Waals surface area (Å²) in [4.78, 5) is 0. The van der Waals surface area contributed by atoms with Crippen molar-refractivity contribution in [1.29, 1.82) is 0 Å². The second-order valence-corrected chi connectivity index (χ2v) is 3.82. The largest absolute Gasteiger partial charge is 0.0527 e. The van der Waals surface area contributed by atoms with Crippen molar-refractivity contribution in [3.05, 3.63) is 0 Å². The Hall–Kier alpha value is 0. The fraction of sp³-hybridized carbons (Fsp3) is 1.00. The lowest BCUT2D eigenvalue weighted by molar-refractivity contribution is 0.195. The van der Waals surface area contributed by atoms with Gasteiger partial charge in [-0.05, 0) is 42.9 Å². The summed E-state index contributed by atoms with van der Waals surface area (Å²) in [6, 6.07) is 0. The van der Waals surface area contributed by atoms with E-state index in [-0.39, 0.29) is 0 Å². The predicted molar refractivity (Wildman–Crippen MR) is 32.4 cm³/mol. The highest BCUT2D eigenvalue weighted by Gasteiger charge is 2.61. The molecule has 8 heavy (non-hydrogen) atoms. The van der Waals surface area contributed by atoms with Crippen molar-refractivity contribution in [3.63, 3.8) is 0 Å². The number of hydrogen-bond donors (Lipinski definition) is 0. The van der Waals surface area contributed by atoms with Gasteiger partial charge in [-0.1, -0.05) is 6.42 Å². The molecule has 0 radical (unpaired) electrons. The van der Waals surface area contributed by atoms with E-state index in [0.717, 1.165) is 0 Å². The summed E-state index contributed by atoms with van der Waals surface area (Å²) in [7, 11) is 0. The number of fused-ring (bicyclic) bond motifs is 4. The molecule has 3 aliphatic carbocycles. The summed E-state index contributed by atoms with van der Waals surface area (Å²) < 4.78 is 0. The van der Waals surface area contributed by atoms with Crippen molar-refractivity contribution >= 4 is 0 Å². The minimum absolute atomic E-state index is 1.24. The van der Waals surface area contributed by atoms with Gasteiger partial charge >= 0.3 is 0 Å². The minimum atomic E-state index is 1.24. The Labute approximate surface area is 50.3 Å². The van der Waals surface area contributed by atoms with Gasteiger partial charge in [-0.2, -0.15) is 0 Å². The maximum atomic E-state index is 1.62. The highest BCUT2D eigenvalue weighted by molar-refractivity contribution is 5.10. The Balaban J connectivity index is 1.92. The first kappa shape index (κ1) is 3.92. The topological polar surface area (TPSA) is 0 Å². The van der Waals surface area contributed by atoms with E-state index in [4.69, 9.17) is 0 Å². The van der Waals surface area contributed by atoms with Gasteiger partial charge in [-0.15, -0.1) is 0 Å². The third-order valence-corrected chi connectivity index (χ3v) is 3.62. The quantitative estimate of drug-likeness (QED) is 0.445. The van der Waals surface area contributed by atoms with Crippen molar-refractivity contribution in [3.8, 4) is 0 Å². The zero-order chi connectivity index (χ0) is 5.14. The van der Waals surface area contributed by atoms with E-state index in [0.29, 0.717) is 0 Å². The molecule has 0 bridgehead atoms. The second kappa shape index (κ2) is 0.984. The van der Waals surface area contributed by atoms with Crippen LogP contribution in [-0.4, -0.2) is 0 Å². The zero-order valence-corrected chi connectivity index (χ0v) is 5.14. The molecule has 0 aromatic carbocycles. The summed E-state index contributed by atoms with van der Waals surface area (Å²) in [5.74, 6) is 4.98. The van der Waals surface area contributed by atoms with E-state index in [2.05, 4.69) is 0 Å². The van der Waals surface area contributed by atoms with Crippen LogP contribution in [0.1, 0.15) is 25.7 Å². The lowest BCUT2D eigenvalue weighted by Gasteiger charge is -2.28. The maximum Gasteiger partial charge on any atom is -0.0349 e. The normalized spacial score (nSPS) is 66.0. The SMILES string of the molecule is C1CC2C(C1)[C@@H]1CC21. The van der Waals surface area contributed by atoms with Crippen LogP contribution in [0.2, 0.25) is 0 Å². The van der Waals surface area contributed by atoms with E-state index in [1.54, 1.807) is 25.7 Å². The summed E-state index contributed by atoms with van der Waals surface area (Å²) >= 11 is 0. The monoisotopic (exact) mass is 108 g/mol. The van der Waals surface area contributed by atoms with Crippen molar-refractivity contribution in [2.75, 3.05) is 0 Å². The van der Waals surface area contributed by atoms with Crippen LogP contribution in [0, 0.1) is 23.7 Å². The molecular formula is C8H12. The first-order valence-corrected chi connectivity index (χ1v) is 3.97. The van der Waals surface area contributed by atoms with E-state index < -0.39 is 0 Å².